The molecule has 0 radical (unpaired) electrons. The van der Waals surface area contributed by atoms with E-state index in [1.807, 2.05) is 24.3 Å². The minimum atomic E-state index is -1.83. The first-order valence-corrected chi connectivity index (χ1v) is 11.4. The van der Waals surface area contributed by atoms with Gasteiger partial charge in [-0.1, -0.05) is 32.9 Å². The Morgan fingerprint density at radius 1 is 1.08 bits per heavy atom. The molecule has 0 saturated carbocycles. The van der Waals surface area contributed by atoms with Gasteiger partial charge in [-0.2, -0.15) is 0 Å². The fourth-order valence-electron chi connectivity index (χ4n) is 2.57. The van der Waals surface area contributed by atoms with Crippen molar-refractivity contribution in [3.8, 4) is 5.88 Å². The standard InChI is InChI=1S/C18H27N3O2Si/c1-18(2,3)24(4,5)23-16-11-19-10-15(16)22-17-12-20-13-8-6-7-9-14(13)21-17/h6-9,12,15-16,19H,10-11H2,1-5H3. The largest absolute Gasteiger partial charge is 0.469 e. The molecule has 1 aliphatic rings. The molecule has 0 spiro atoms. The van der Waals surface area contributed by atoms with Gasteiger partial charge in [-0.05, 0) is 30.3 Å². The molecule has 5 nitrogen and oxygen atoms in total. The van der Waals surface area contributed by atoms with Crippen LogP contribution in [0.2, 0.25) is 18.1 Å². The van der Waals surface area contributed by atoms with Crippen molar-refractivity contribution in [3.05, 3.63) is 30.5 Å². The molecule has 0 amide bonds. The first kappa shape index (κ1) is 17.3. The van der Waals surface area contributed by atoms with E-state index in [0.717, 1.165) is 24.1 Å². The average molecular weight is 346 g/mol. The minimum Gasteiger partial charge on any atom is -0.469 e. The molecular weight excluding hydrogens is 318 g/mol. The van der Waals surface area contributed by atoms with E-state index in [0.29, 0.717) is 5.88 Å². The highest BCUT2D eigenvalue weighted by atomic mass is 28.4. The van der Waals surface area contributed by atoms with Gasteiger partial charge in [0, 0.05) is 13.1 Å². The molecule has 0 aliphatic carbocycles. The van der Waals surface area contributed by atoms with Crippen molar-refractivity contribution < 1.29 is 9.16 Å². The number of para-hydroxylation sites is 2. The lowest BCUT2D eigenvalue weighted by molar-refractivity contribution is 0.0777. The number of hydrogen-bond donors (Lipinski definition) is 1. The Hall–Kier alpha value is -1.50. The van der Waals surface area contributed by atoms with E-state index >= 15 is 0 Å². The zero-order valence-electron chi connectivity index (χ0n) is 15.2. The molecule has 3 rings (SSSR count). The summed E-state index contributed by atoms with van der Waals surface area (Å²) in [5, 5.41) is 3.56. The van der Waals surface area contributed by atoms with E-state index in [4.69, 9.17) is 9.16 Å². The molecule has 1 N–H and O–H groups in total. The van der Waals surface area contributed by atoms with Crippen molar-refractivity contribution in [3.63, 3.8) is 0 Å². The lowest BCUT2D eigenvalue weighted by atomic mass is 10.2. The lowest BCUT2D eigenvalue weighted by Gasteiger charge is -2.39. The summed E-state index contributed by atoms with van der Waals surface area (Å²) < 4.78 is 12.7. The fraction of sp³-hybridized carbons (Fsp3) is 0.556. The smallest absolute Gasteiger partial charge is 0.233 e. The van der Waals surface area contributed by atoms with E-state index in [1.165, 1.54) is 0 Å². The van der Waals surface area contributed by atoms with Crippen molar-refractivity contribution in [1.29, 1.82) is 0 Å². The zero-order valence-corrected chi connectivity index (χ0v) is 16.2. The maximum Gasteiger partial charge on any atom is 0.233 e. The Labute approximate surface area is 144 Å². The quantitative estimate of drug-likeness (QED) is 0.861. The van der Waals surface area contributed by atoms with Gasteiger partial charge >= 0.3 is 0 Å². The number of aromatic nitrogens is 2. The monoisotopic (exact) mass is 345 g/mol. The Morgan fingerprint density at radius 2 is 1.75 bits per heavy atom. The van der Waals surface area contributed by atoms with Gasteiger partial charge in [-0.25, -0.2) is 9.97 Å². The maximum absolute atomic E-state index is 6.54. The van der Waals surface area contributed by atoms with Crippen LogP contribution in [0.5, 0.6) is 5.88 Å². The SMILES string of the molecule is CC(C)(C)[Si](C)(C)OC1CNCC1Oc1cnc2ccccc2n1. The summed E-state index contributed by atoms with van der Waals surface area (Å²) in [6, 6.07) is 7.82. The molecule has 2 heterocycles. The van der Waals surface area contributed by atoms with Crippen LogP contribution in [0.3, 0.4) is 0 Å². The van der Waals surface area contributed by atoms with Crippen LogP contribution in [0.4, 0.5) is 0 Å². The Morgan fingerprint density at radius 3 is 2.46 bits per heavy atom. The van der Waals surface area contributed by atoms with Crippen LogP contribution in [0.15, 0.2) is 30.5 Å². The molecule has 1 saturated heterocycles. The van der Waals surface area contributed by atoms with E-state index in [-0.39, 0.29) is 17.2 Å². The molecule has 1 aliphatic heterocycles. The first-order valence-electron chi connectivity index (χ1n) is 8.53. The van der Waals surface area contributed by atoms with Crippen molar-refractivity contribution in [1.82, 2.24) is 15.3 Å². The normalized spacial score (nSPS) is 22.0. The molecule has 1 aromatic heterocycles. The number of ether oxygens (including phenoxy) is 1. The highest BCUT2D eigenvalue weighted by Gasteiger charge is 2.42. The predicted octanol–water partition coefficient (Wildman–Crippen LogP) is 3.37. The third kappa shape index (κ3) is 3.60. The molecule has 130 valence electrons. The van der Waals surface area contributed by atoms with E-state index in [2.05, 4.69) is 49.1 Å². The van der Waals surface area contributed by atoms with Gasteiger partial charge in [-0.15, -0.1) is 0 Å². The highest BCUT2D eigenvalue weighted by molar-refractivity contribution is 6.74. The number of hydrogen-bond acceptors (Lipinski definition) is 5. The molecule has 2 atom stereocenters. The summed E-state index contributed by atoms with van der Waals surface area (Å²) in [6.07, 6.45) is 1.72. The summed E-state index contributed by atoms with van der Waals surface area (Å²) in [4.78, 5) is 8.98. The summed E-state index contributed by atoms with van der Waals surface area (Å²) in [7, 11) is -1.83. The van der Waals surface area contributed by atoms with E-state index in [9.17, 15) is 0 Å². The summed E-state index contributed by atoms with van der Waals surface area (Å²) in [5.74, 6) is 0.561. The second kappa shape index (κ2) is 6.42. The van der Waals surface area contributed by atoms with Crippen LogP contribution in [-0.2, 0) is 4.43 Å². The second-order valence-corrected chi connectivity index (χ2v) is 12.7. The average Bonchev–Trinajstić information content (AvgIpc) is 2.92. The van der Waals surface area contributed by atoms with E-state index in [1.54, 1.807) is 6.20 Å². The molecule has 2 unspecified atom stereocenters. The van der Waals surface area contributed by atoms with Crippen molar-refractivity contribution in [2.24, 2.45) is 0 Å². The summed E-state index contributed by atoms with van der Waals surface area (Å²) in [6.45, 7) is 12.9. The van der Waals surface area contributed by atoms with Crippen LogP contribution >= 0.6 is 0 Å². The Bertz CT molecular complexity index is 715. The molecule has 1 fully saturated rings. The van der Waals surface area contributed by atoms with Gasteiger partial charge in [0.15, 0.2) is 8.32 Å². The molecule has 1 aromatic carbocycles. The van der Waals surface area contributed by atoms with Gasteiger partial charge in [0.2, 0.25) is 5.88 Å². The molecule has 2 aromatic rings. The van der Waals surface area contributed by atoms with E-state index < -0.39 is 8.32 Å². The van der Waals surface area contributed by atoms with Gasteiger partial charge in [-0.3, -0.25) is 0 Å². The van der Waals surface area contributed by atoms with Crippen LogP contribution in [0.25, 0.3) is 11.0 Å². The summed E-state index contributed by atoms with van der Waals surface area (Å²) >= 11 is 0. The Balaban J connectivity index is 1.73. The highest BCUT2D eigenvalue weighted by Crippen LogP contribution is 2.38. The topological polar surface area (TPSA) is 56.3 Å². The Kier molecular flexibility index (Phi) is 4.64. The van der Waals surface area contributed by atoms with Crippen LogP contribution in [-0.4, -0.2) is 43.6 Å². The van der Waals surface area contributed by atoms with Crippen LogP contribution in [0, 0.1) is 0 Å². The molecular formula is C18H27N3O2Si. The molecule has 6 heteroatoms. The van der Waals surface area contributed by atoms with Crippen molar-refractivity contribution >= 4 is 19.4 Å². The third-order valence-electron chi connectivity index (χ3n) is 5.06. The first-order chi connectivity index (χ1) is 11.3. The van der Waals surface area contributed by atoms with Crippen molar-refractivity contribution in [2.75, 3.05) is 13.1 Å². The number of nitrogens with one attached hydrogen (secondary N) is 1. The number of nitrogens with zero attached hydrogens (tertiary/aromatic N) is 2. The van der Waals surface area contributed by atoms with Gasteiger partial charge in [0.25, 0.3) is 0 Å². The lowest BCUT2D eigenvalue weighted by Crippen LogP contribution is -2.48. The third-order valence-corrected chi connectivity index (χ3v) is 9.56. The number of benzene rings is 1. The van der Waals surface area contributed by atoms with Crippen molar-refractivity contribution in [2.45, 2.75) is 51.1 Å². The van der Waals surface area contributed by atoms with Gasteiger partial charge in [0.1, 0.15) is 6.10 Å². The molecule has 24 heavy (non-hydrogen) atoms. The number of rotatable bonds is 4. The van der Waals surface area contributed by atoms with Gasteiger partial charge in [0.05, 0.1) is 23.3 Å². The number of fused-ring (bicyclic) bond motifs is 1. The van der Waals surface area contributed by atoms with Gasteiger partial charge < -0.3 is 14.5 Å². The maximum atomic E-state index is 6.54. The fourth-order valence-corrected chi connectivity index (χ4v) is 3.92. The molecule has 0 bridgehead atoms. The van der Waals surface area contributed by atoms with Crippen LogP contribution < -0.4 is 10.1 Å². The summed E-state index contributed by atoms with van der Waals surface area (Å²) in [5.41, 5.74) is 1.73. The van der Waals surface area contributed by atoms with Crippen LogP contribution in [0.1, 0.15) is 20.8 Å². The zero-order chi connectivity index (χ0) is 17.4. The predicted molar refractivity (Wildman–Crippen MR) is 98.9 cm³/mol. The second-order valence-electron chi connectivity index (χ2n) is 7.93. The minimum absolute atomic E-state index is 0.0328.